The van der Waals surface area contributed by atoms with Crippen molar-refractivity contribution in [1.29, 1.82) is 0 Å². The maximum atomic E-state index is 10.9. The standard InChI is InChI=1S/C12H17NO3/c1-4-5-13(9-14)10-6-11(15-2)8-12(7-10)16-3/h6-9H,4-5H2,1-3H3. The van der Waals surface area contributed by atoms with E-state index in [0.717, 1.165) is 18.5 Å². The molecule has 0 saturated carbocycles. The van der Waals surface area contributed by atoms with Crippen LogP contribution in [0, 0.1) is 0 Å². The third kappa shape index (κ3) is 2.89. The molecular weight excluding hydrogens is 206 g/mol. The summed E-state index contributed by atoms with van der Waals surface area (Å²) in [5.74, 6) is 1.36. The Morgan fingerprint density at radius 3 is 2.12 bits per heavy atom. The average Bonchev–Trinajstić information content (AvgIpc) is 2.35. The van der Waals surface area contributed by atoms with Crippen molar-refractivity contribution in [3.63, 3.8) is 0 Å². The first-order chi connectivity index (χ1) is 7.74. The fourth-order valence-corrected chi connectivity index (χ4v) is 1.44. The third-order valence-electron chi connectivity index (χ3n) is 2.26. The summed E-state index contributed by atoms with van der Waals surface area (Å²) < 4.78 is 10.3. The Kier molecular flexibility index (Phi) is 4.64. The number of carbonyl (C=O) groups is 1. The van der Waals surface area contributed by atoms with E-state index in [-0.39, 0.29) is 0 Å². The van der Waals surface area contributed by atoms with Crippen LogP contribution < -0.4 is 14.4 Å². The van der Waals surface area contributed by atoms with Crippen LogP contribution in [-0.2, 0) is 4.79 Å². The molecular formula is C12H17NO3. The lowest BCUT2D eigenvalue weighted by Gasteiger charge is -2.18. The second-order valence-electron chi connectivity index (χ2n) is 3.37. The van der Waals surface area contributed by atoms with E-state index in [0.29, 0.717) is 18.0 Å². The van der Waals surface area contributed by atoms with Crippen LogP contribution in [0.4, 0.5) is 5.69 Å². The molecule has 0 aliphatic heterocycles. The van der Waals surface area contributed by atoms with Gasteiger partial charge in [-0.15, -0.1) is 0 Å². The molecule has 4 nitrogen and oxygen atoms in total. The Labute approximate surface area is 95.8 Å². The molecule has 0 unspecified atom stereocenters. The lowest BCUT2D eigenvalue weighted by atomic mass is 10.2. The van der Waals surface area contributed by atoms with Crippen molar-refractivity contribution < 1.29 is 14.3 Å². The highest BCUT2D eigenvalue weighted by molar-refractivity contribution is 5.76. The predicted octanol–water partition coefficient (Wildman–Crippen LogP) is 2.08. The number of hydrogen-bond donors (Lipinski definition) is 0. The number of ether oxygens (including phenoxy) is 2. The summed E-state index contributed by atoms with van der Waals surface area (Å²) in [6.07, 6.45) is 1.72. The summed E-state index contributed by atoms with van der Waals surface area (Å²) >= 11 is 0. The zero-order valence-corrected chi connectivity index (χ0v) is 9.90. The van der Waals surface area contributed by atoms with Crippen LogP contribution in [0.2, 0.25) is 0 Å². The zero-order valence-electron chi connectivity index (χ0n) is 9.90. The maximum Gasteiger partial charge on any atom is 0.214 e. The maximum absolute atomic E-state index is 10.9. The summed E-state index contributed by atoms with van der Waals surface area (Å²) in [4.78, 5) is 12.6. The van der Waals surface area contributed by atoms with Gasteiger partial charge in [0.25, 0.3) is 0 Å². The lowest BCUT2D eigenvalue weighted by molar-refractivity contribution is -0.107. The first-order valence-electron chi connectivity index (χ1n) is 5.20. The molecule has 0 atom stereocenters. The van der Waals surface area contributed by atoms with Crippen molar-refractivity contribution in [3.8, 4) is 11.5 Å². The third-order valence-corrected chi connectivity index (χ3v) is 2.26. The second-order valence-corrected chi connectivity index (χ2v) is 3.37. The fourth-order valence-electron chi connectivity index (χ4n) is 1.44. The van der Waals surface area contributed by atoms with Crippen LogP contribution >= 0.6 is 0 Å². The minimum Gasteiger partial charge on any atom is -0.497 e. The molecule has 0 spiro atoms. The monoisotopic (exact) mass is 223 g/mol. The Morgan fingerprint density at radius 1 is 1.19 bits per heavy atom. The number of carbonyl (C=O) groups excluding carboxylic acids is 1. The highest BCUT2D eigenvalue weighted by Gasteiger charge is 2.08. The Bertz CT molecular complexity index is 330. The quantitative estimate of drug-likeness (QED) is 0.693. The highest BCUT2D eigenvalue weighted by atomic mass is 16.5. The van der Waals surface area contributed by atoms with Crippen molar-refractivity contribution in [2.24, 2.45) is 0 Å². The van der Waals surface area contributed by atoms with Crippen LogP contribution in [0.1, 0.15) is 13.3 Å². The predicted molar refractivity (Wildman–Crippen MR) is 63.2 cm³/mol. The van der Waals surface area contributed by atoms with Gasteiger partial charge < -0.3 is 14.4 Å². The first kappa shape index (κ1) is 12.4. The lowest BCUT2D eigenvalue weighted by Crippen LogP contribution is -2.21. The summed E-state index contributed by atoms with van der Waals surface area (Å²) in [6.45, 7) is 2.70. The number of benzene rings is 1. The second kappa shape index (κ2) is 6.00. The Hall–Kier alpha value is -1.71. The SMILES string of the molecule is CCCN(C=O)c1cc(OC)cc(OC)c1. The van der Waals surface area contributed by atoms with Crippen LogP contribution in [0.5, 0.6) is 11.5 Å². The van der Waals surface area contributed by atoms with Crippen molar-refractivity contribution in [2.75, 3.05) is 25.7 Å². The van der Waals surface area contributed by atoms with Crippen molar-refractivity contribution in [1.82, 2.24) is 0 Å². The van der Waals surface area contributed by atoms with Gasteiger partial charge in [0.1, 0.15) is 11.5 Å². The van der Waals surface area contributed by atoms with Crippen molar-refractivity contribution in [3.05, 3.63) is 18.2 Å². The van der Waals surface area contributed by atoms with Crippen LogP contribution in [-0.4, -0.2) is 27.2 Å². The molecule has 4 heteroatoms. The molecule has 0 heterocycles. The van der Waals surface area contributed by atoms with E-state index in [1.165, 1.54) is 0 Å². The molecule has 1 rings (SSSR count). The first-order valence-corrected chi connectivity index (χ1v) is 5.20. The van der Waals surface area contributed by atoms with Crippen LogP contribution in [0.15, 0.2) is 18.2 Å². The Morgan fingerprint density at radius 2 is 1.75 bits per heavy atom. The summed E-state index contributed by atoms with van der Waals surface area (Å²) in [7, 11) is 3.17. The molecule has 1 amide bonds. The van der Waals surface area contributed by atoms with E-state index in [9.17, 15) is 4.79 Å². The molecule has 0 bridgehead atoms. The van der Waals surface area contributed by atoms with Crippen molar-refractivity contribution in [2.45, 2.75) is 13.3 Å². The fraction of sp³-hybridized carbons (Fsp3) is 0.417. The molecule has 0 aromatic heterocycles. The normalized spacial score (nSPS) is 9.69. The van der Waals surface area contributed by atoms with Gasteiger partial charge in [-0.25, -0.2) is 0 Å². The van der Waals surface area contributed by atoms with Gasteiger partial charge in [0.2, 0.25) is 6.41 Å². The molecule has 16 heavy (non-hydrogen) atoms. The molecule has 0 radical (unpaired) electrons. The van der Waals surface area contributed by atoms with Crippen molar-refractivity contribution >= 4 is 12.1 Å². The van der Waals surface area contributed by atoms with Gasteiger partial charge in [0.15, 0.2) is 0 Å². The van der Waals surface area contributed by atoms with Gasteiger partial charge in [-0.2, -0.15) is 0 Å². The van der Waals surface area contributed by atoms with Gasteiger partial charge in [0, 0.05) is 24.7 Å². The number of nitrogens with zero attached hydrogens (tertiary/aromatic N) is 1. The molecule has 0 N–H and O–H groups in total. The van der Waals surface area contributed by atoms with Gasteiger partial charge in [0.05, 0.1) is 19.9 Å². The highest BCUT2D eigenvalue weighted by Crippen LogP contribution is 2.27. The van der Waals surface area contributed by atoms with Gasteiger partial charge >= 0.3 is 0 Å². The molecule has 0 aliphatic rings. The van der Waals surface area contributed by atoms with E-state index in [4.69, 9.17) is 9.47 Å². The smallest absolute Gasteiger partial charge is 0.214 e. The molecule has 0 fully saturated rings. The summed E-state index contributed by atoms with van der Waals surface area (Å²) in [5, 5.41) is 0. The zero-order chi connectivity index (χ0) is 12.0. The minimum absolute atomic E-state index is 0.678. The molecule has 1 aromatic rings. The topological polar surface area (TPSA) is 38.8 Å². The largest absolute Gasteiger partial charge is 0.497 e. The van der Waals surface area contributed by atoms with Crippen LogP contribution in [0.25, 0.3) is 0 Å². The minimum atomic E-state index is 0.678. The number of anilines is 1. The number of methoxy groups -OCH3 is 2. The molecule has 88 valence electrons. The molecule has 0 saturated heterocycles. The van der Waals surface area contributed by atoms with E-state index < -0.39 is 0 Å². The van der Waals surface area contributed by atoms with Gasteiger partial charge in [-0.3, -0.25) is 4.79 Å². The van der Waals surface area contributed by atoms with Gasteiger partial charge in [-0.1, -0.05) is 6.92 Å². The van der Waals surface area contributed by atoms with E-state index in [1.54, 1.807) is 25.2 Å². The average molecular weight is 223 g/mol. The van der Waals surface area contributed by atoms with Gasteiger partial charge in [-0.05, 0) is 6.42 Å². The Balaban J connectivity index is 3.05. The summed E-state index contributed by atoms with van der Waals surface area (Å²) in [6, 6.07) is 5.40. The van der Waals surface area contributed by atoms with E-state index in [1.807, 2.05) is 19.1 Å². The summed E-state index contributed by atoms with van der Waals surface area (Å²) in [5.41, 5.74) is 0.785. The molecule has 0 aliphatic carbocycles. The molecule has 1 aromatic carbocycles. The van der Waals surface area contributed by atoms with E-state index in [2.05, 4.69) is 0 Å². The number of hydrogen-bond acceptors (Lipinski definition) is 3. The van der Waals surface area contributed by atoms with E-state index >= 15 is 0 Å². The number of rotatable bonds is 6. The number of amides is 1. The van der Waals surface area contributed by atoms with Crippen LogP contribution in [0.3, 0.4) is 0 Å².